The molecule has 7 nitrogen and oxygen atoms in total. The molecular formula is C12H21N5O2. The molecule has 0 radical (unpaired) electrons. The van der Waals surface area contributed by atoms with Crippen LogP contribution in [0, 0.1) is 17.0 Å². The first-order valence-corrected chi connectivity index (χ1v) is 6.70. The first-order valence-electron chi connectivity index (χ1n) is 6.70. The van der Waals surface area contributed by atoms with Crippen LogP contribution in [-0.2, 0) is 7.05 Å². The maximum Gasteiger partial charge on any atom is 0.333 e. The molecule has 106 valence electrons. The van der Waals surface area contributed by atoms with Crippen LogP contribution in [0.15, 0.2) is 0 Å². The van der Waals surface area contributed by atoms with Crippen molar-refractivity contribution in [2.75, 3.05) is 25.0 Å². The van der Waals surface area contributed by atoms with Crippen LogP contribution in [0.4, 0.5) is 11.5 Å². The van der Waals surface area contributed by atoms with Crippen molar-refractivity contribution in [3.63, 3.8) is 0 Å². The van der Waals surface area contributed by atoms with Gasteiger partial charge in [0.1, 0.15) is 5.69 Å². The highest BCUT2D eigenvalue weighted by Gasteiger charge is 2.27. The van der Waals surface area contributed by atoms with Crippen LogP contribution in [0.5, 0.6) is 0 Å². The molecule has 1 aromatic rings. The van der Waals surface area contributed by atoms with Gasteiger partial charge < -0.3 is 5.32 Å². The fourth-order valence-electron chi connectivity index (χ4n) is 2.82. The smallest absolute Gasteiger partial charge is 0.333 e. The second-order valence-electron chi connectivity index (χ2n) is 4.97. The highest BCUT2D eigenvalue weighted by molar-refractivity contribution is 5.59. The Bertz CT molecular complexity index is 471. The summed E-state index contributed by atoms with van der Waals surface area (Å²) in [5, 5.41) is 18.4. The summed E-state index contributed by atoms with van der Waals surface area (Å²) in [6, 6.07) is 0.458. The van der Waals surface area contributed by atoms with Crippen molar-refractivity contribution in [2.45, 2.75) is 32.7 Å². The van der Waals surface area contributed by atoms with E-state index in [1.54, 1.807) is 18.7 Å². The molecule has 0 spiro atoms. The van der Waals surface area contributed by atoms with E-state index in [0.717, 1.165) is 26.1 Å². The second-order valence-corrected chi connectivity index (χ2v) is 4.97. The van der Waals surface area contributed by atoms with Gasteiger partial charge in [-0.25, -0.2) is 4.68 Å². The third-order valence-electron chi connectivity index (χ3n) is 3.78. The van der Waals surface area contributed by atoms with Crippen LogP contribution in [0.2, 0.25) is 0 Å². The minimum atomic E-state index is -0.364. The molecule has 0 saturated carbocycles. The predicted molar refractivity (Wildman–Crippen MR) is 73.4 cm³/mol. The molecule has 1 aliphatic rings. The summed E-state index contributed by atoms with van der Waals surface area (Å²) < 4.78 is 1.55. The Morgan fingerprint density at radius 3 is 2.95 bits per heavy atom. The van der Waals surface area contributed by atoms with Crippen LogP contribution in [0.3, 0.4) is 0 Å². The molecule has 0 aliphatic carbocycles. The van der Waals surface area contributed by atoms with Crippen LogP contribution < -0.4 is 5.32 Å². The summed E-state index contributed by atoms with van der Waals surface area (Å²) in [4.78, 5) is 13.1. The number of hydrogen-bond acceptors (Lipinski definition) is 5. The molecule has 1 N–H and O–H groups in total. The topological polar surface area (TPSA) is 76.2 Å². The lowest BCUT2D eigenvalue weighted by Gasteiger charge is -2.23. The van der Waals surface area contributed by atoms with Crippen LogP contribution in [-0.4, -0.2) is 45.3 Å². The lowest BCUT2D eigenvalue weighted by atomic mass is 10.2. The molecule has 1 saturated heterocycles. The zero-order chi connectivity index (χ0) is 14.0. The number of likely N-dealkylation sites (tertiary alicyclic amines) is 1. The lowest BCUT2D eigenvalue weighted by Crippen LogP contribution is -2.35. The average Bonchev–Trinajstić information content (AvgIpc) is 2.90. The first kappa shape index (κ1) is 13.8. The predicted octanol–water partition coefficient (Wildman–Crippen LogP) is 1.53. The van der Waals surface area contributed by atoms with Gasteiger partial charge in [-0.2, -0.15) is 5.10 Å². The van der Waals surface area contributed by atoms with Crippen molar-refractivity contribution < 1.29 is 4.92 Å². The molecule has 1 aromatic heterocycles. The molecule has 0 aromatic carbocycles. The number of nitrogens with zero attached hydrogens (tertiary/aromatic N) is 4. The van der Waals surface area contributed by atoms with E-state index < -0.39 is 0 Å². The van der Waals surface area contributed by atoms with E-state index in [9.17, 15) is 10.1 Å². The molecule has 0 amide bonds. The van der Waals surface area contributed by atoms with E-state index >= 15 is 0 Å². The van der Waals surface area contributed by atoms with E-state index in [4.69, 9.17) is 0 Å². The lowest BCUT2D eigenvalue weighted by molar-refractivity contribution is -0.384. The standard InChI is InChI=1S/C12H21N5O2/c1-4-16-7-5-6-10(16)8-13-12-11(17(18)19)9(2)14-15(12)3/h10,13H,4-8H2,1-3H3. The number of anilines is 1. The van der Waals surface area contributed by atoms with E-state index in [-0.39, 0.29) is 10.6 Å². The van der Waals surface area contributed by atoms with Crippen molar-refractivity contribution in [3.8, 4) is 0 Å². The number of hydrogen-bond donors (Lipinski definition) is 1. The van der Waals surface area contributed by atoms with Crippen molar-refractivity contribution in [1.82, 2.24) is 14.7 Å². The summed E-state index contributed by atoms with van der Waals surface area (Å²) in [6.07, 6.45) is 2.35. The fourth-order valence-corrected chi connectivity index (χ4v) is 2.82. The summed E-state index contributed by atoms with van der Waals surface area (Å²) in [7, 11) is 1.73. The van der Waals surface area contributed by atoms with Gasteiger partial charge in [0.05, 0.1) is 4.92 Å². The molecule has 2 heterocycles. The number of nitrogens with one attached hydrogen (secondary N) is 1. The van der Waals surface area contributed by atoms with Gasteiger partial charge >= 0.3 is 5.69 Å². The normalized spacial score (nSPS) is 19.8. The van der Waals surface area contributed by atoms with Gasteiger partial charge in [0.15, 0.2) is 0 Å². The summed E-state index contributed by atoms with van der Waals surface area (Å²) >= 11 is 0. The number of likely N-dealkylation sites (N-methyl/N-ethyl adjacent to an activating group) is 1. The molecule has 19 heavy (non-hydrogen) atoms. The van der Waals surface area contributed by atoms with E-state index in [0.29, 0.717) is 17.6 Å². The molecule has 2 rings (SSSR count). The minimum absolute atomic E-state index is 0.0866. The van der Waals surface area contributed by atoms with Gasteiger partial charge in [0.2, 0.25) is 5.82 Å². The monoisotopic (exact) mass is 267 g/mol. The fraction of sp³-hybridized carbons (Fsp3) is 0.750. The third-order valence-corrected chi connectivity index (χ3v) is 3.78. The summed E-state index contributed by atoms with van der Waals surface area (Å²) in [6.45, 7) is 6.69. The molecule has 1 fully saturated rings. The Morgan fingerprint density at radius 2 is 2.32 bits per heavy atom. The average molecular weight is 267 g/mol. The zero-order valence-electron chi connectivity index (χ0n) is 11.7. The van der Waals surface area contributed by atoms with Gasteiger partial charge in [-0.3, -0.25) is 15.0 Å². The Hall–Kier alpha value is -1.63. The van der Waals surface area contributed by atoms with Crippen molar-refractivity contribution >= 4 is 11.5 Å². The van der Waals surface area contributed by atoms with E-state index in [1.165, 1.54) is 6.42 Å². The number of aromatic nitrogens is 2. The molecule has 1 aliphatic heterocycles. The highest BCUT2D eigenvalue weighted by atomic mass is 16.6. The highest BCUT2D eigenvalue weighted by Crippen LogP contribution is 2.28. The Labute approximate surface area is 112 Å². The first-order chi connectivity index (χ1) is 9.04. The van der Waals surface area contributed by atoms with Crippen molar-refractivity contribution in [3.05, 3.63) is 15.8 Å². The van der Waals surface area contributed by atoms with Crippen molar-refractivity contribution in [1.29, 1.82) is 0 Å². The van der Waals surface area contributed by atoms with Gasteiger partial charge in [0.25, 0.3) is 0 Å². The third kappa shape index (κ3) is 2.70. The molecule has 1 atom stereocenters. The van der Waals surface area contributed by atoms with E-state index in [2.05, 4.69) is 22.2 Å². The Balaban J connectivity index is 2.09. The van der Waals surface area contributed by atoms with Crippen LogP contribution in [0.1, 0.15) is 25.5 Å². The van der Waals surface area contributed by atoms with Crippen molar-refractivity contribution in [2.24, 2.45) is 7.05 Å². The maximum absolute atomic E-state index is 11.1. The number of aryl methyl sites for hydroxylation is 2. The van der Waals surface area contributed by atoms with Gasteiger partial charge in [-0.15, -0.1) is 0 Å². The van der Waals surface area contributed by atoms with Gasteiger partial charge in [-0.05, 0) is 32.9 Å². The number of rotatable bonds is 5. The molecule has 7 heteroatoms. The van der Waals surface area contributed by atoms with Gasteiger partial charge in [-0.1, -0.05) is 6.92 Å². The quantitative estimate of drug-likeness (QED) is 0.646. The molecule has 0 bridgehead atoms. The maximum atomic E-state index is 11.1. The molecular weight excluding hydrogens is 246 g/mol. The van der Waals surface area contributed by atoms with Crippen LogP contribution in [0.25, 0.3) is 0 Å². The Morgan fingerprint density at radius 1 is 1.58 bits per heavy atom. The summed E-state index contributed by atoms with van der Waals surface area (Å²) in [5.41, 5.74) is 0.539. The number of nitro groups is 1. The minimum Gasteiger partial charge on any atom is -0.363 e. The van der Waals surface area contributed by atoms with Crippen LogP contribution >= 0.6 is 0 Å². The van der Waals surface area contributed by atoms with E-state index in [1.807, 2.05) is 0 Å². The largest absolute Gasteiger partial charge is 0.363 e. The second kappa shape index (κ2) is 5.56. The molecule has 1 unspecified atom stereocenters. The zero-order valence-corrected chi connectivity index (χ0v) is 11.7. The SMILES string of the molecule is CCN1CCCC1CNc1c([N+](=O)[O-])c(C)nn1C. The Kier molecular flexibility index (Phi) is 4.04. The van der Waals surface area contributed by atoms with Gasteiger partial charge in [0, 0.05) is 19.6 Å². The summed E-state index contributed by atoms with van der Waals surface area (Å²) in [5.74, 6) is 0.505.